The van der Waals surface area contributed by atoms with Crippen molar-refractivity contribution in [2.45, 2.75) is 32.8 Å². The smallest absolute Gasteiger partial charge is 0.261 e. The lowest BCUT2D eigenvalue weighted by Gasteiger charge is -2.26. The van der Waals surface area contributed by atoms with Crippen molar-refractivity contribution >= 4 is 33.3 Å². The Hall–Kier alpha value is -1.81. The summed E-state index contributed by atoms with van der Waals surface area (Å²) in [6.45, 7) is 9.51. The minimum Gasteiger partial charge on any atom is -0.391 e. The van der Waals surface area contributed by atoms with E-state index in [0.29, 0.717) is 11.3 Å². The first-order valence-corrected chi connectivity index (χ1v) is 10.7. The van der Waals surface area contributed by atoms with E-state index in [-0.39, 0.29) is 12.5 Å². The average Bonchev–Trinajstić information content (AvgIpc) is 3.07. The number of amides is 1. The van der Waals surface area contributed by atoms with Crippen LogP contribution in [0.4, 0.5) is 5.82 Å². The summed E-state index contributed by atoms with van der Waals surface area (Å²) in [6, 6.07) is 0. The maximum atomic E-state index is 12.5. The molecule has 1 saturated heterocycles. The van der Waals surface area contributed by atoms with E-state index >= 15 is 0 Å². The quantitative estimate of drug-likeness (QED) is 0.543. The van der Waals surface area contributed by atoms with Gasteiger partial charge in [-0.15, -0.1) is 11.3 Å². The maximum Gasteiger partial charge on any atom is 0.261 e. The molecule has 154 valence electrons. The van der Waals surface area contributed by atoms with Crippen LogP contribution in [0.5, 0.6) is 0 Å². The number of nitrogens with zero attached hydrogens (tertiary/aromatic N) is 3. The Bertz CT molecular complexity index is 791. The van der Waals surface area contributed by atoms with E-state index in [1.54, 1.807) is 0 Å². The van der Waals surface area contributed by atoms with Gasteiger partial charge in [0.2, 0.25) is 0 Å². The number of hydrogen-bond donors (Lipinski definition) is 3. The van der Waals surface area contributed by atoms with Gasteiger partial charge in [0.1, 0.15) is 17.0 Å². The fraction of sp³-hybridized carbons (Fsp3) is 0.632. The van der Waals surface area contributed by atoms with Crippen LogP contribution < -0.4 is 10.6 Å². The van der Waals surface area contributed by atoms with Crippen molar-refractivity contribution in [2.75, 3.05) is 51.3 Å². The number of aliphatic hydroxyl groups is 1. The fourth-order valence-corrected chi connectivity index (χ4v) is 4.26. The summed E-state index contributed by atoms with van der Waals surface area (Å²) in [4.78, 5) is 25.1. The summed E-state index contributed by atoms with van der Waals surface area (Å²) in [5.74, 6) is 0.597. The Morgan fingerprint density at radius 3 is 2.93 bits per heavy atom. The number of rotatable bonds is 9. The number of hydrogen-bond acceptors (Lipinski definition) is 8. The van der Waals surface area contributed by atoms with Gasteiger partial charge in [0.25, 0.3) is 5.91 Å². The minimum absolute atomic E-state index is 0.175. The van der Waals surface area contributed by atoms with Crippen molar-refractivity contribution < 1.29 is 14.6 Å². The monoisotopic (exact) mass is 407 g/mol. The number of carbonyl (C=O) groups is 1. The van der Waals surface area contributed by atoms with Crippen LogP contribution in [0, 0.1) is 6.92 Å². The van der Waals surface area contributed by atoms with Crippen LogP contribution >= 0.6 is 11.3 Å². The van der Waals surface area contributed by atoms with E-state index in [2.05, 4.69) is 25.5 Å². The van der Waals surface area contributed by atoms with Gasteiger partial charge in [-0.25, -0.2) is 9.97 Å². The van der Waals surface area contributed by atoms with Gasteiger partial charge < -0.3 is 20.5 Å². The lowest BCUT2D eigenvalue weighted by molar-refractivity contribution is 0.0378. The molecule has 0 aliphatic carbocycles. The highest BCUT2D eigenvalue weighted by atomic mass is 32.1. The van der Waals surface area contributed by atoms with E-state index < -0.39 is 6.10 Å². The highest BCUT2D eigenvalue weighted by Crippen LogP contribution is 2.33. The molecule has 3 N–H and O–H groups in total. The van der Waals surface area contributed by atoms with Crippen molar-refractivity contribution in [3.63, 3.8) is 0 Å². The van der Waals surface area contributed by atoms with Gasteiger partial charge in [-0.2, -0.15) is 0 Å². The Morgan fingerprint density at radius 1 is 1.39 bits per heavy atom. The largest absolute Gasteiger partial charge is 0.391 e. The lowest BCUT2D eigenvalue weighted by Crippen LogP contribution is -2.37. The highest BCUT2D eigenvalue weighted by molar-refractivity contribution is 7.20. The summed E-state index contributed by atoms with van der Waals surface area (Å²) in [5.41, 5.74) is 0.875. The molecule has 1 amide bonds. The van der Waals surface area contributed by atoms with Crippen LogP contribution in [-0.4, -0.2) is 77.9 Å². The summed E-state index contributed by atoms with van der Waals surface area (Å²) >= 11 is 1.36. The number of anilines is 1. The molecule has 9 heteroatoms. The Balaban J connectivity index is 1.63. The molecule has 3 rings (SSSR count). The van der Waals surface area contributed by atoms with E-state index in [4.69, 9.17) is 4.74 Å². The van der Waals surface area contributed by atoms with E-state index in [9.17, 15) is 9.90 Å². The lowest BCUT2D eigenvalue weighted by atomic mass is 10.2. The first-order valence-electron chi connectivity index (χ1n) is 9.84. The molecule has 1 atom stereocenters. The number of aryl methyl sites for hydroxylation is 1. The van der Waals surface area contributed by atoms with Gasteiger partial charge in [-0.05, 0) is 31.9 Å². The number of nitrogens with one attached hydrogen (secondary N) is 2. The second-order valence-corrected chi connectivity index (χ2v) is 7.96. The van der Waals surface area contributed by atoms with Gasteiger partial charge in [0.15, 0.2) is 0 Å². The average molecular weight is 408 g/mol. The van der Waals surface area contributed by atoms with E-state index in [0.717, 1.165) is 67.4 Å². The molecule has 0 saturated carbocycles. The summed E-state index contributed by atoms with van der Waals surface area (Å²) < 4.78 is 5.38. The van der Waals surface area contributed by atoms with Gasteiger partial charge in [-0.3, -0.25) is 9.69 Å². The number of thiophene rings is 1. The Labute approximate surface area is 169 Å². The van der Waals surface area contributed by atoms with Gasteiger partial charge >= 0.3 is 0 Å². The third-order valence-corrected chi connectivity index (χ3v) is 6.15. The molecule has 1 aliphatic rings. The SMILES string of the molecule is CC[C@@H](O)CNC(=O)c1sc2ncnc(NCCCN3CCOCC3)c2c1C. The van der Waals surface area contributed by atoms with Crippen LogP contribution in [0.1, 0.15) is 35.0 Å². The minimum atomic E-state index is -0.526. The van der Waals surface area contributed by atoms with Crippen LogP contribution in [0.15, 0.2) is 6.33 Å². The molecule has 8 nitrogen and oxygen atoms in total. The van der Waals surface area contributed by atoms with Crippen LogP contribution in [0.25, 0.3) is 10.2 Å². The molecule has 2 aromatic heterocycles. The highest BCUT2D eigenvalue weighted by Gasteiger charge is 2.19. The molecular formula is C19H29N5O3S. The van der Waals surface area contributed by atoms with Gasteiger partial charge in [0.05, 0.1) is 29.6 Å². The fourth-order valence-electron chi connectivity index (χ4n) is 3.19. The molecule has 1 fully saturated rings. The molecule has 0 aromatic carbocycles. The Kier molecular flexibility index (Phi) is 7.55. The second kappa shape index (κ2) is 10.1. The van der Waals surface area contributed by atoms with Crippen molar-refractivity contribution in [1.82, 2.24) is 20.2 Å². The number of carbonyl (C=O) groups excluding carboxylic acids is 1. The van der Waals surface area contributed by atoms with Crippen LogP contribution in [0.3, 0.4) is 0 Å². The molecule has 0 unspecified atom stereocenters. The van der Waals surface area contributed by atoms with E-state index in [1.165, 1.54) is 17.7 Å². The van der Waals surface area contributed by atoms with Gasteiger partial charge in [0, 0.05) is 26.2 Å². The number of ether oxygens (including phenoxy) is 1. The number of morpholine rings is 1. The molecule has 28 heavy (non-hydrogen) atoms. The second-order valence-electron chi connectivity index (χ2n) is 6.97. The summed E-state index contributed by atoms with van der Waals surface area (Å²) in [6.07, 6.45) is 2.62. The van der Waals surface area contributed by atoms with Crippen LogP contribution in [0.2, 0.25) is 0 Å². The zero-order chi connectivity index (χ0) is 19.9. The normalized spacial score (nSPS) is 16.2. The standard InChI is InChI=1S/C19H29N5O3S/c1-3-14(25)11-21-18(26)16-13(2)15-17(22-12-23-19(15)28-16)20-5-4-6-24-7-9-27-10-8-24/h12,14,25H,3-11H2,1-2H3,(H,21,26)(H,20,22,23)/t14-/m1/s1. The molecule has 0 spiro atoms. The van der Waals surface area contributed by atoms with Crippen molar-refractivity contribution in [1.29, 1.82) is 0 Å². The summed E-state index contributed by atoms with van der Waals surface area (Å²) in [5, 5.41) is 16.8. The predicted octanol–water partition coefficient (Wildman–Crippen LogP) is 1.63. The van der Waals surface area contributed by atoms with Crippen molar-refractivity contribution in [3.8, 4) is 0 Å². The van der Waals surface area contributed by atoms with Crippen molar-refractivity contribution in [3.05, 3.63) is 16.8 Å². The van der Waals surface area contributed by atoms with Gasteiger partial charge in [-0.1, -0.05) is 6.92 Å². The molecule has 0 bridgehead atoms. The third kappa shape index (κ3) is 5.16. The first kappa shape index (κ1) is 20.9. The number of aliphatic hydroxyl groups excluding tert-OH is 1. The zero-order valence-electron chi connectivity index (χ0n) is 16.5. The van der Waals surface area contributed by atoms with Crippen molar-refractivity contribution in [2.24, 2.45) is 0 Å². The maximum absolute atomic E-state index is 12.5. The molecule has 2 aromatic rings. The molecule has 3 heterocycles. The van der Waals surface area contributed by atoms with E-state index in [1.807, 2.05) is 13.8 Å². The topological polar surface area (TPSA) is 99.6 Å². The molecule has 0 radical (unpaired) electrons. The number of aromatic nitrogens is 2. The first-order chi connectivity index (χ1) is 13.6. The Morgan fingerprint density at radius 2 is 2.18 bits per heavy atom. The number of fused-ring (bicyclic) bond motifs is 1. The summed E-state index contributed by atoms with van der Waals surface area (Å²) in [7, 11) is 0. The zero-order valence-corrected chi connectivity index (χ0v) is 17.3. The molecular weight excluding hydrogens is 378 g/mol. The third-order valence-electron chi connectivity index (χ3n) is 4.95. The predicted molar refractivity (Wildman–Crippen MR) is 111 cm³/mol. The van der Waals surface area contributed by atoms with Crippen LogP contribution in [-0.2, 0) is 4.74 Å². The molecule has 1 aliphatic heterocycles.